The van der Waals surface area contributed by atoms with Gasteiger partial charge in [0, 0.05) is 55.9 Å². The van der Waals surface area contributed by atoms with Crippen molar-refractivity contribution in [3.8, 4) is 5.75 Å². The molecule has 0 aromatic heterocycles. The summed E-state index contributed by atoms with van der Waals surface area (Å²) in [6.45, 7) is 5.71. The number of methoxy groups -OCH3 is 1. The molecular weight excluding hydrogens is 474 g/mol. The van der Waals surface area contributed by atoms with Gasteiger partial charge in [-0.05, 0) is 43.2 Å². The number of aliphatic carboxylic acids is 2. The summed E-state index contributed by atoms with van der Waals surface area (Å²) in [5, 5.41) is 15.4. The predicted molar refractivity (Wildman–Crippen MR) is 132 cm³/mol. The van der Waals surface area contributed by atoms with Crippen LogP contribution in [0.5, 0.6) is 5.75 Å². The number of nitrogens with zero attached hydrogens (tertiary/aromatic N) is 3. The van der Waals surface area contributed by atoms with E-state index in [0.717, 1.165) is 57.9 Å². The number of piperazine rings is 1. The fraction of sp³-hybridized carbons (Fsp3) is 0.400. The van der Waals surface area contributed by atoms with Crippen LogP contribution in [0.15, 0.2) is 48.5 Å². The van der Waals surface area contributed by atoms with Gasteiger partial charge in [-0.3, -0.25) is 9.69 Å². The van der Waals surface area contributed by atoms with Crippen molar-refractivity contribution < 1.29 is 29.3 Å². The van der Waals surface area contributed by atoms with E-state index in [-0.39, 0.29) is 5.91 Å². The fourth-order valence-corrected chi connectivity index (χ4v) is 4.65. The van der Waals surface area contributed by atoms with E-state index in [1.165, 1.54) is 5.69 Å². The minimum Gasteiger partial charge on any atom is -0.495 e. The molecule has 0 bridgehead atoms. The molecule has 0 aliphatic carbocycles. The summed E-state index contributed by atoms with van der Waals surface area (Å²) >= 11 is 6.04. The first-order chi connectivity index (χ1) is 16.8. The smallest absolute Gasteiger partial charge is 0.414 e. The Bertz CT molecular complexity index is 1020. The molecule has 2 heterocycles. The lowest BCUT2D eigenvalue weighted by molar-refractivity contribution is -0.159. The van der Waals surface area contributed by atoms with Crippen molar-refractivity contribution in [3.63, 3.8) is 0 Å². The summed E-state index contributed by atoms with van der Waals surface area (Å²) < 4.78 is 5.52. The minimum absolute atomic E-state index is 0.0898. The highest BCUT2D eigenvalue weighted by Gasteiger charge is 2.30. The van der Waals surface area contributed by atoms with Gasteiger partial charge in [-0.2, -0.15) is 0 Å². The predicted octanol–water partition coefficient (Wildman–Crippen LogP) is 2.93. The minimum atomic E-state index is -1.82. The summed E-state index contributed by atoms with van der Waals surface area (Å²) in [4.78, 5) is 37.9. The highest BCUT2D eigenvalue weighted by molar-refractivity contribution is 6.31. The third kappa shape index (κ3) is 7.10. The molecule has 2 N–H and O–H groups in total. The molecule has 4 rings (SSSR count). The average molecular weight is 504 g/mol. The van der Waals surface area contributed by atoms with Crippen LogP contribution in [-0.2, 0) is 9.59 Å². The number of amides is 1. The molecule has 0 atom stereocenters. The third-order valence-corrected chi connectivity index (χ3v) is 6.50. The standard InChI is InChI=1S/C23H28ClN3O2.C2H2O4/c1-29-22-8-3-2-7-21(22)26-15-13-25(14-16-26)20-9-11-27(12-10-20)23(28)18-5-4-6-19(24)17-18;3-1(4)2(5)6/h2-8,17,20H,9-16H2,1H3;(H,3,4)(H,5,6). The molecule has 188 valence electrons. The largest absolute Gasteiger partial charge is 0.495 e. The SMILES string of the molecule is COc1ccccc1N1CCN(C2CCN(C(=O)c3cccc(Cl)c3)CC2)CC1.O=C(O)C(=O)O. The van der Waals surface area contributed by atoms with Gasteiger partial charge in [0.15, 0.2) is 0 Å². The number of ether oxygens (including phenoxy) is 1. The molecule has 2 aliphatic heterocycles. The summed E-state index contributed by atoms with van der Waals surface area (Å²) in [5.74, 6) is -2.62. The highest BCUT2D eigenvalue weighted by Crippen LogP contribution is 2.29. The first-order valence-corrected chi connectivity index (χ1v) is 11.8. The number of benzene rings is 2. The molecule has 2 aromatic rings. The van der Waals surface area contributed by atoms with Crippen molar-refractivity contribution in [1.82, 2.24) is 9.80 Å². The lowest BCUT2D eigenvalue weighted by Crippen LogP contribution is -2.53. The van der Waals surface area contributed by atoms with E-state index in [1.54, 1.807) is 19.2 Å². The third-order valence-electron chi connectivity index (χ3n) is 6.26. The maximum Gasteiger partial charge on any atom is 0.414 e. The summed E-state index contributed by atoms with van der Waals surface area (Å²) in [5.41, 5.74) is 1.86. The van der Waals surface area contributed by atoms with Gasteiger partial charge in [-0.1, -0.05) is 29.8 Å². The van der Waals surface area contributed by atoms with Crippen molar-refractivity contribution in [3.05, 3.63) is 59.1 Å². The molecule has 0 saturated carbocycles. The van der Waals surface area contributed by atoms with E-state index < -0.39 is 11.9 Å². The van der Waals surface area contributed by atoms with E-state index in [9.17, 15) is 4.79 Å². The number of para-hydroxylation sites is 2. The van der Waals surface area contributed by atoms with Gasteiger partial charge in [0.1, 0.15) is 5.75 Å². The normalized spacial score (nSPS) is 16.7. The Morgan fingerprint density at radius 3 is 2.09 bits per heavy atom. The number of piperidine rings is 1. The van der Waals surface area contributed by atoms with Crippen LogP contribution < -0.4 is 9.64 Å². The molecule has 0 spiro atoms. The Kier molecular flexibility index (Phi) is 9.33. The summed E-state index contributed by atoms with van der Waals surface area (Å²) in [6, 6.07) is 16.0. The second-order valence-electron chi connectivity index (χ2n) is 8.34. The van der Waals surface area contributed by atoms with Crippen LogP contribution in [0.3, 0.4) is 0 Å². The molecule has 35 heavy (non-hydrogen) atoms. The number of carboxylic acid groups (broad SMARTS) is 2. The zero-order valence-electron chi connectivity index (χ0n) is 19.6. The molecule has 10 heteroatoms. The van der Waals surface area contributed by atoms with Crippen LogP contribution in [0.25, 0.3) is 0 Å². The molecule has 0 unspecified atom stereocenters. The zero-order chi connectivity index (χ0) is 25.4. The number of hydrogen-bond donors (Lipinski definition) is 2. The molecule has 2 saturated heterocycles. The Hall–Kier alpha value is -3.30. The van der Waals surface area contributed by atoms with Gasteiger partial charge >= 0.3 is 11.9 Å². The molecule has 2 fully saturated rings. The van der Waals surface area contributed by atoms with E-state index in [2.05, 4.69) is 21.9 Å². The maximum atomic E-state index is 12.7. The molecule has 1 amide bonds. The number of rotatable bonds is 4. The topological polar surface area (TPSA) is 111 Å². The Labute approximate surface area is 209 Å². The average Bonchev–Trinajstić information content (AvgIpc) is 2.89. The van der Waals surface area contributed by atoms with E-state index in [4.69, 9.17) is 36.1 Å². The second-order valence-corrected chi connectivity index (χ2v) is 8.78. The number of carbonyl (C=O) groups is 3. The quantitative estimate of drug-likeness (QED) is 0.613. The number of hydrogen-bond acceptors (Lipinski definition) is 6. The number of carboxylic acids is 2. The molecule has 2 aliphatic rings. The van der Waals surface area contributed by atoms with Crippen LogP contribution in [-0.4, -0.2) is 90.3 Å². The van der Waals surface area contributed by atoms with Gasteiger partial charge in [-0.25, -0.2) is 9.59 Å². The van der Waals surface area contributed by atoms with Gasteiger partial charge in [0.2, 0.25) is 0 Å². The van der Waals surface area contributed by atoms with Crippen LogP contribution >= 0.6 is 11.6 Å². The molecule has 0 radical (unpaired) electrons. The first kappa shape index (κ1) is 26.3. The lowest BCUT2D eigenvalue weighted by Gasteiger charge is -2.43. The fourth-order valence-electron chi connectivity index (χ4n) is 4.46. The van der Waals surface area contributed by atoms with E-state index >= 15 is 0 Å². The molecular formula is C25H30ClN3O6. The summed E-state index contributed by atoms with van der Waals surface area (Å²) in [7, 11) is 1.73. The van der Waals surface area contributed by atoms with Crippen LogP contribution in [0.1, 0.15) is 23.2 Å². The Morgan fingerprint density at radius 2 is 1.51 bits per heavy atom. The van der Waals surface area contributed by atoms with Crippen molar-refractivity contribution in [1.29, 1.82) is 0 Å². The number of carbonyl (C=O) groups excluding carboxylic acids is 1. The number of likely N-dealkylation sites (tertiary alicyclic amines) is 1. The van der Waals surface area contributed by atoms with Gasteiger partial charge in [0.05, 0.1) is 12.8 Å². The molecule has 9 nitrogen and oxygen atoms in total. The number of halogens is 1. The summed E-state index contributed by atoms with van der Waals surface area (Å²) in [6.07, 6.45) is 2.06. The Balaban J connectivity index is 0.000000509. The monoisotopic (exact) mass is 503 g/mol. The van der Waals surface area contributed by atoms with Crippen molar-refractivity contribution in [2.45, 2.75) is 18.9 Å². The van der Waals surface area contributed by atoms with Crippen molar-refractivity contribution in [2.24, 2.45) is 0 Å². The lowest BCUT2D eigenvalue weighted by atomic mass is 10.0. The Morgan fingerprint density at radius 1 is 0.886 bits per heavy atom. The van der Waals surface area contributed by atoms with E-state index in [0.29, 0.717) is 16.6 Å². The van der Waals surface area contributed by atoms with Crippen molar-refractivity contribution in [2.75, 3.05) is 51.3 Å². The first-order valence-electron chi connectivity index (χ1n) is 11.4. The van der Waals surface area contributed by atoms with Gasteiger partial charge < -0.3 is 24.7 Å². The zero-order valence-corrected chi connectivity index (χ0v) is 20.4. The van der Waals surface area contributed by atoms with Crippen LogP contribution in [0.4, 0.5) is 5.69 Å². The highest BCUT2D eigenvalue weighted by atomic mass is 35.5. The maximum absolute atomic E-state index is 12.7. The van der Waals surface area contributed by atoms with Crippen LogP contribution in [0, 0.1) is 0 Å². The van der Waals surface area contributed by atoms with Gasteiger partial charge in [0.25, 0.3) is 5.91 Å². The number of anilines is 1. The second kappa shape index (κ2) is 12.4. The van der Waals surface area contributed by atoms with E-state index in [1.807, 2.05) is 29.2 Å². The van der Waals surface area contributed by atoms with Crippen LogP contribution in [0.2, 0.25) is 5.02 Å². The van der Waals surface area contributed by atoms with Gasteiger partial charge in [-0.15, -0.1) is 0 Å². The molecule has 2 aromatic carbocycles. The van der Waals surface area contributed by atoms with Crippen molar-refractivity contribution >= 4 is 35.1 Å².